The summed E-state index contributed by atoms with van der Waals surface area (Å²) in [6.45, 7) is 4.30. The molecule has 0 aliphatic rings. The molecule has 0 saturated carbocycles. The van der Waals surface area contributed by atoms with Gasteiger partial charge in [0, 0.05) is 5.39 Å². The third kappa shape index (κ3) is 3.15. The lowest BCUT2D eigenvalue weighted by Gasteiger charge is -2.12. The smallest absolute Gasteiger partial charge is 0.337 e. The topological polar surface area (TPSA) is 35.5 Å². The molecule has 0 spiro atoms. The van der Waals surface area contributed by atoms with Gasteiger partial charge < -0.3 is 9.47 Å². The minimum atomic E-state index is -0.377. The van der Waals surface area contributed by atoms with Gasteiger partial charge in [0.25, 0.3) is 0 Å². The van der Waals surface area contributed by atoms with Gasteiger partial charge in [0.05, 0.1) is 12.7 Å². The van der Waals surface area contributed by atoms with Crippen molar-refractivity contribution in [1.82, 2.24) is 0 Å². The van der Waals surface area contributed by atoms with Crippen LogP contribution in [0.15, 0.2) is 67.2 Å². The lowest BCUT2D eigenvalue weighted by Crippen LogP contribution is -2.02. The Labute approximate surface area is 141 Å². The van der Waals surface area contributed by atoms with Crippen LogP contribution in [0.3, 0.4) is 0 Å². The molecule has 0 aromatic heterocycles. The molecule has 0 aliphatic carbocycles. The largest absolute Gasteiger partial charge is 0.488 e. The highest BCUT2D eigenvalue weighted by molar-refractivity contribution is 6.01. The van der Waals surface area contributed by atoms with Crippen LogP contribution in [0.4, 0.5) is 0 Å². The number of hydrogen-bond donors (Lipinski definition) is 0. The first kappa shape index (κ1) is 15.8. The highest BCUT2D eigenvalue weighted by Crippen LogP contribution is 2.31. The summed E-state index contributed by atoms with van der Waals surface area (Å²) in [5.41, 5.74) is 2.44. The molecule has 0 atom stereocenters. The summed E-state index contributed by atoms with van der Waals surface area (Å²) in [4.78, 5) is 11.9. The number of esters is 1. The van der Waals surface area contributed by atoms with Crippen LogP contribution in [0.1, 0.15) is 21.5 Å². The molecule has 120 valence electrons. The van der Waals surface area contributed by atoms with Crippen LogP contribution in [0.25, 0.3) is 16.8 Å². The molecule has 0 radical (unpaired) electrons. The Balaban J connectivity index is 2.04. The Morgan fingerprint density at radius 2 is 1.83 bits per heavy atom. The summed E-state index contributed by atoms with van der Waals surface area (Å²) in [6, 6.07) is 19.4. The molecule has 24 heavy (non-hydrogen) atoms. The van der Waals surface area contributed by atoms with Crippen molar-refractivity contribution in [3.63, 3.8) is 0 Å². The standard InChI is InChI=1S/C21H18O3/c1-3-16-12-17(21(22)23-2)13-19-18(16)10-7-11-20(19)24-14-15-8-5-4-6-9-15/h3-13H,1,14H2,2H3. The Morgan fingerprint density at radius 1 is 1.04 bits per heavy atom. The number of carbonyl (C=O) groups is 1. The van der Waals surface area contributed by atoms with Crippen LogP contribution < -0.4 is 4.74 Å². The van der Waals surface area contributed by atoms with Gasteiger partial charge in [-0.25, -0.2) is 4.79 Å². The van der Waals surface area contributed by atoms with Crippen LogP contribution in [-0.2, 0) is 11.3 Å². The molecule has 0 heterocycles. The van der Waals surface area contributed by atoms with E-state index >= 15 is 0 Å². The van der Waals surface area contributed by atoms with Gasteiger partial charge in [0.1, 0.15) is 12.4 Å². The summed E-state index contributed by atoms with van der Waals surface area (Å²) < 4.78 is 10.8. The van der Waals surface area contributed by atoms with E-state index < -0.39 is 0 Å². The monoisotopic (exact) mass is 318 g/mol. The Kier molecular flexibility index (Phi) is 4.62. The molecule has 0 N–H and O–H groups in total. The first-order valence-electron chi connectivity index (χ1n) is 7.67. The number of carbonyl (C=O) groups excluding carboxylic acids is 1. The van der Waals surface area contributed by atoms with Crippen LogP contribution in [0.5, 0.6) is 5.75 Å². The van der Waals surface area contributed by atoms with Gasteiger partial charge in [0.15, 0.2) is 0 Å². The van der Waals surface area contributed by atoms with E-state index in [2.05, 4.69) is 6.58 Å². The van der Waals surface area contributed by atoms with Crippen molar-refractivity contribution in [1.29, 1.82) is 0 Å². The number of fused-ring (bicyclic) bond motifs is 1. The second-order valence-corrected chi connectivity index (χ2v) is 5.39. The molecule has 3 rings (SSSR count). The van der Waals surface area contributed by atoms with Crippen LogP contribution in [0, 0.1) is 0 Å². The second kappa shape index (κ2) is 7.01. The number of benzene rings is 3. The third-order valence-electron chi connectivity index (χ3n) is 3.87. The minimum Gasteiger partial charge on any atom is -0.488 e. The summed E-state index contributed by atoms with van der Waals surface area (Å²) in [5, 5.41) is 1.86. The van der Waals surface area contributed by atoms with E-state index in [0.717, 1.165) is 27.6 Å². The zero-order valence-corrected chi connectivity index (χ0v) is 13.5. The molecule has 3 aromatic carbocycles. The van der Waals surface area contributed by atoms with Crippen molar-refractivity contribution >= 4 is 22.8 Å². The molecule has 0 saturated heterocycles. The zero-order valence-electron chi connectivity index (χ0n) is 13.5. The maximum atomic E-state index is 11.9. The average molecular weight is 318 g/mol. The molecule has 0 amide bonds. The van der Waals surface area contributed by atoms with E-state index in [1.54, 1.807) is 18.2 Å². The Bertz CT molecular complexity index is 882. The summed E-state index contributed by atoms with van der Waals surface area (Å²) in [6.07, 6.45) is 1.73. The fourth-order valence-corrected chi connectivity index (χ4v) is 2.65. The van der Waals surface area contributed by atoms with Crippen molar-refractivity contribution in [2.75, 3.05) is 7.11 Å². The summed E-state index contributed by atoms with van der Waals surface area (Å²) in [5.74, 6) is 0.350. The zero-order chi connectivity index (χ0) is 16.9. The highest BCUT2D eigenvalue weighted by atomic mass is 16.5. The lowest BCUT2D eigenvalue weighted by atomic mass is 10.00. The number of ether oxygens (including phenoxy) is 2. The predicted molar refractivity (Wildman–Crippen MR) is 96.2 cm³/mol. The maximum Gasteiger partial charge on any atom is 0.337 e. The van der Waals surface area contributed by atoms with Crippen molar-refractivity contribution < 1.29 is 14.3 Å². The van der Waals surface area contributed by atoms with Gasteiger partial charge in [-0.15, -0.1) is 0 Å². The summed E-state index contributed by atoms with van der Waals surface area (Å²) in [7, 11) is 1.37. The van der Waals surface area contributed by atoms with Gasteiger partial charge in [-0.2, -0.15) is 0 Å². The van der Waals surface area contributed by atoms with Gasteiger partial charge in [-0.3, -0.25) is 0 Å². The van der Waals surface area contributed by atoms with E-state index in [-0.39, 0.29) is 5.97 Å². The van der Waals surface area contributed by atoms with E-state index in [4.69, 9.17) is 9.47 Å². The fraction of sp³-hybridized carbons (Fsp3) is 0.0952. The third-order valence-corrected chi connectivity index (χ3v) is 3.87. The Hall–Kier alpha value is -3.07. The maximum absolute atomic E-state index is 11.9. The first-order valence-corrected chi connectivity index (χ1v) is 7.67. The lowest BCUT2D eigenvalue weighted by molar-refractivity contribution is 0.0601. The summed E-state index contributed by atoms with van der Waals surface area (Å²) >= 11 is 0. The molecule has 0 bridgehead atoms. The molecule has 0 aliphatic heterocycles. The van der Waals surface area contributed by atoms with Crippen molar-refractivity contribution in [2.24, 2.45) is 0 Å². The van der Waals surface area contributed by atoms with Crippen molar-refractivity contribution in [3.8, 4) is 5.75 Å². The average Bonchev–Trinajstić information content (AvgIpc) is 2.65. The molecular weight excluding hydrogens is 300 g/mol. The molecular formula is C21H18O3. The second-order valence-electron chi connectivity index (χ2n) is 5.39. The van der Waals surface area contributed by atoms with Gasteiger partial charge >= 0.3 is 5.97 Å². The van der Waals surface area contributed by atoms with E-state index in [0.29, 0.717) is 12.2 Å². The molecule has 3 aromatic rings. The predicted octanol–water partition coefficient (Wildman–Crippen LogP) is 4.85. The highest BCUT2D eigenvalue weighted by Gasteiger charge is 2.12. The molecule has 3 nitrogen and oxygen atoms in total. The van der Waals surface area contributed by atoms with Crippen molar-refractivity contribution in [2.45, 2.75) is 6.61 Å². The van der Waals surface area contributed by atoms with Crippen molar-refractivity contribution in [3.05, 3.63) is 83.9 Å². The van der Waals surface area contributed by atoms with Crippen LogP contribution in [-0.4, -0.2) is 13.1 Å². The number of hydrogen-bond acceptors (Lipinski definition) is 3. The van der Waals surface area contributed by atoms with Crippen LogP contribution >= 0.6 is 0 Å². The quantitative estimate of drug-likeness (QED) is 0.631. The molecule has 0 fully saturated rings. The Morgan fingerprint density at radius 3 is 2.54 bits per heavy atom. The van der Waals surface area contributed by atoms with E-state index in [9.17, 15) is 4.79 Å². The van der Waals surface area contributed by atoms with Gasteiger partial charge in [-0.1, -0.05) is 55.1 Å². The minimum absolute atomic E-state index is 0.377. The first-order chi connectivity index (χ1) is 11.7. The van der Waals surface area contributed by atoms with Gasteiger partial charge in [-0.05, 0) is 34.7 Å². The number of rotatable bonds is 5. The molecule has 0 unspecified atom stereocenters. The molecule has 3 heteroatoms. The van der Waals surface area contributed by atoms with Crippen LogP contribution in [0.2, 0.25) is 0 Å². The fourth-order valence-electron chi connectivity index (χ4n) is 2.65. The van der Waals surface area contributed by atoms with E-state index in [1.165, 1.54) is 7.11 Å². The normalized spacial score (nSPS) is 10.4. The SMILES string of the molecule is C=Cc1cc(C(=O)OC)cc2c(OCc3ccccc3)cccc12. The van der Waals surface area contributed by atoms with E-state index in [1.807, 2.05) is 48.5 Å². The number of methoxy groups -OCH3 is 1. The van der Waals surface area contributed by atoms with Gasteiger partial charge in [0.2, 0.25) is 0 Å².